The normalized spacial score (nSPS) is 11.4. The van der Waals surface area contributed by atoms with E-state index in [1.54, 1.807) is 51.2 Å². The number of phenolic OH excluding ortho intramolecular Hbond substituents is 1. The molecule has 0 aliphatic rings. The second-order valence-corrected chi connectivity index (χ2v) is 12.2. The third-order valence-corrected chi connectivity index (χ3v) is 8.93. The van der Waals surface area contributed by atoms with Gasteiger partial charge >= 0.3 is 5.97 Å². The minimum Gasteiger partial charge on any atom is -0.744 e. The fraction of sp³-hybridized carbons (Fsp3) is 0.133. The third kappa shape index (κ3) is 6.29. The number of carbonyl (C=O) groups excluding carboxylic acids is 1. The van der Waals surface area contributed by atoms with Crippen molar-refractivity contribution in [1.29, 1.82) is 0 Å². The first kappa shape index (κ1) is 25.3. The molecule has 152 valence electrons. The summed E-state index contributed by atoms with van der Waals surface area (Å²) in [5.74, 6) is -0.620. The van der Waals surface area contributed by atoms with Gasteiger partial charge in [0.2, 0.25) is 0 Å². The molecular formula is C15H8I5O7S-. The van der Waals surface area contributed by atoms with Crippen molar-refractivity contribution in [3.05, 3.63) is 41.6 Å². The van der Waals surface area contributed by atoms with Crippen LogP contribution in [0.1, 0.15) is 10.4 Å². The average molecular weight is 967 g/mol. The van der Waals surface area contributed by atoms with Crippen LogP contribution in [0.3, 0.4) is 0 Å². The highest BCUT2D eigenvalue weighted by Crippen LogP contribution is 2.36. The standard InChI is InChI=1S/C15H9I5O7S/c16-6-3-7(12(21)8(17)4-6)15(22)27-2-1-26-13-9(18)5-10(19)14(11(13)20)28(23,24)25/h3-5,21H,1-2H2,(H,23,24,25)/p-1. The average Bonchev–Trinajstić information content (AvgIpc) is 2.55. The van der Waals surface area contributed by atoms with E-state index in [1.165, 1.54) is 12.1 Å². The van der Waals surface area contributed by atoms with Crippen LogP contribution in [-0.4, -0.2) is 37.3 Å². The quantitative estimate of drug-likeness (QED) is 0.196. The van der Waals surface area contributed by atoms with Gasteiger partial charge in [-0.2, -0.15) is 0 Å². The highest BCUT2D eigenvalue weighted by molar-refractivity contribution is 14.1. The van der Waals surface area contributed by atoms with E-state index >= 15 is 0 Å². The Hall–Kier alpha value is 1.07. The number of rotatable bonds is 6. The number of phenols is 1. The molecule has 1 N–H and O–H groups in total. The van der Waals surface area contributed by atoms with E-state index < -0.39 is 16.1 Å². The fourth-order valence-electron chi connectivity index (χ4n) is 1.99. The molecular weight excluding hydrogens is 959 g/mol. The molecule has 2 aromatic rings. The van der Waals surface area contributed by atoms with Gasteiger partial charge in [-0.1, -0.05) is 0 Å². The van der Waals surface area contributed by atoms with Gasteiger partial charge in [0, 0.05) is 7.14 Å². The number of hydrogen-bond acceptors (Lipinski definition) is 7. The van der Waals surface area contributed by atoms with Crippen molar-refractivity contribution in [2.24, 2.45) is 0 Å². The lowest BCUT2D eigenvalue weighted by atomic mass is 10.2. The van der Waals surface area contributed by atoms with Crippen LogP contribution >= 0.6 is 113 Å². The molecule has 2 rings (SSSR count). The maximum atomic E-state index is 12.2. The van der Waals surface area contributed by atoms with Crippen LogP contribution < -0.4 is 4.74 Å². The third-order valence-electron chi connectivity index (χ3n) is 3.15. The molecule has 13 heteroatoms. The molecule has 0 fully saturated rings. The monoisotopic (exact) mass is 967 g/mol. The lowest BCUT2D eigenvalue weighted by molar-refractivity contribution is 0.0446. The van der Waals surface area contributed by atoms with Crippen LogP contribution in [-0.2, 0) is 14.9 Å². The summed E-state index contributed by atoms with van der Waals surface area (Å²) in [5, 5.41) is 10.0. The van der Waals surface area contributed by atoms with Crippen LogP contribution in [0.25, 0.3) is 0 Å². The Labute approximate surface area is 229 Å². The number of carbonyl (C=O) groups is 1. The van der Waals surface area contributed by atoms with E-state index in [2.05, 4.69) is 0 Å². The van der Waals surface area contributed by atoms with Crippen LogP contribution in [0, 0.1) is 17.9 Å². The van der Waals surface area contributed by atoms with Crippen molar-refractivity contribution in [3.8, 4) is 11.5 Å². The molecule has 0 unspecified atom stereocenters. The first-order valence-corrected chi connectivity index (χ1v) is 13.8. The Kier molecular flexibility index (Phi) is 9.58. The Balaban J connectivity index is 2.10. The molecule has 0 atom stereocenters. The molecule has 2 aromatic carbocycles. The number of hydrogen-bond donors (Lipinski definition) is 1. The Morgan fingerprint density at radius 3 is 2.25 bits per heavy atom. The largest absolute Gasteiger partial charge is 0.744 e. The van der Waals surface area contributed by atoms with Crippen LogP contribution in [0.4, 0.5) is 0 Å². The molecule has 0 aromatic heterocycles. The SMILES string of the molecule is O=C(OCCOc1c(I)cc(I)c(S(=O)(=O)[O-])c1I)c1cc(I)cc(I)c1O. The van der Waals surface area contributed by atoms with Gasteiger partial charge in [-0.25, -0.2) is 13.2 Å². The van der Waals surface area contributed by atoms with Gasteiger partial charge in [0.05, 0.1) is 15.6 Å². The molecule has 0 saturated carbocycles. The molecule has 0 aliphatic heterocycles. The van der Waals surface area contributed by atoms with Gasteiger partial charge in [0.25, 0.3) is 0 Å². The summed E-state index contributed by atoms with van der Waals surface area (Å²) in [7, 11) is -4.66. The Morgan fingerprint density at radius 2 is 1.64 bits per heavy atom. The van der Waals surface area contributed by atoms with Crippen LogP contribution in [0.15, 0.2) is 23.1 Å². The molecule has 28 heavy (non-hydrogen) atoms. The van der Waals surface area contributed by atoms with Gasteiger partial charge in [-0.3, -0.25) is 0 Å². The zero-order valence-corrected chi connectivity index (χ0v) is 24.9. The van der Waals surface area contributed by atoms with Crippen LogP contribution in [0.2, 0.25) is 0 Å². The highest BCUT2D eigenvalue weighted by atomic mass is 127. The van der Waals surface area contributed by atoms with Gasteiger partial charge < -0.3 is 19.1 Å². The predicted octanol–water partition coefficient (Wildman–Crippen LogP) is 4.56. The lowest BCUT2D eigenvalue weighted by Gasteiger charge is -2.17. The number of halogens is 5. The summed E-state index contributed by atoms with van der Waals surface area (Å²) in [6.45, 7) is -0.184. The summed E-state index contributed by atoms with van der Waals surface area (Å²) in [6.07, 6.45) is 0. The fourth-order valence-corrected chi connectivity index (χ4v) is 9.75. The van der Waals surface area contributed by atoms with Crippen molar-refractivity contribution in [3.63, 3.8) is 0 Å². The van der Waals surface area contributed by atoms with Gasteiger partial charge in [-0.05, 0) is 131 Å². The minimum absolute atomic E-state index is 0.0504. The molecule has 7 nitrogen and oxygen atoms in total. The van der Waals surface area contributed by atoms with Crippen molar-refractivity contribution >= 4 is 129 Å². The molecule has 0 heterocycles. The van der Waals surface area contributed by atoms with E-state index in [4.69, 9.17) is 9.47 Å². The zero-order chi connectivity index (χ0) is 21.2. The minimum atomic E-state index is -4.66. The summed E-state index contributed by atoms with van der Waals surface area (Å²) in [6, 6.07) is 4.76. The van der Waals surface area contributed by atoms with Gasteiger partial charge in [-0.15, -0.1) is 0 Å². The number of ether oxygens (including phenoxy) is 2. The van der Waals surface area contributed by atoms with Crippen molar-refractivity contribution in [2.45, 2.75) is 4.90 Å². The predicted molar refractivity (Wildman–Crippen MR) is 142 cm³/mol. The second kappa shape index (κ2) is 10.6. The van der Waals surface area contributed by atoms with Crippen molar-refractivity contribution < 1.29 is 32.3 Å². The van der Waals surface area contributed by atoms with E-state index in [9.17, 15) is 22.9 Å². The summed E-state index contributed by atoms with van der Waals surface area (Å²) < 4.78 is 47.5. The lowest BCUT2D eigenvalue weighted by Crippen LogP contribution is -2.15. The van der Waals surface area contributed by atoms with Gasteiger partial charge in [0.1, 0.15) is 40.4 Å². The number of benzene rings is 2. The van der Waals surface area contributed by atoms with E-state index in [1.807, 2.05) is 67.8 Å². The van der Waals surface area contributed by atoms with E-state index in [0.29, 0.717) is 10.7 Å². The Morgan fingerprint density at radius 1 is 1.00 bits per heavy atom. The molecule has 0 spiro atoms. The summed E-state index contributed by atoms with van der Waals surface area (Å²) in [4.78, 5) is 11.8. The van der Waals surface area contributed by atoms with Gasteiger partial charge in [0.15, 0.2) is 0 Å². The maximum absolute atomic E-state index is 12.2. The molecule has 0 amide bonds. The first-order valence-electron chi connectivity index (χ1n) is 7.04. The summed E-state index contributed by atoms with van der Waals surface area (Å²) >= 11 is 9.44. The molecule has 0 bridgehead atoms. The highest BCUT2D eigenvalue weighted by Gasteiger charge is 2.20. The van der Waals surface area contributed by atoms with E-state index in [0.717, 1.165) is 3.57 Å². The molecule has 0 aliphatic carbocycles. The zero-order valence-electron chi connectivity index (χ0n) is 13.3. The second-order valence-electron chi connectivity index (χ2n) is 5.03. The van der Waals surface area contributed by atoms with Crippen molar-refractivity contribution in [2.75, 3.05) is 13.2 Å². The Bertz CT molecular complexity index is 1040. The van der Waals surface area contributed by atoms with E-state index in [-0.39, 0.29) is 38.7 Å². The topological polar surface area (TPSA) is 113 Å². The number of aromatic hydroxyl groups is 1. The maximum Gasteiger partial charge on any atom is 0.342 e. The van der Waals surface area contributed by atoms with Crippen LogP contribution in [0.5, 0.6) is 11.5 Å². The van der Waals surface area contributed by atoms with Crippen molar-refractivity contribution in [1.82, 2.24) is 0 Å². The first-order chi connectivity index (χ1) is 12.9. The number of esters is 1. The molecule has 0 saturated heterocycles. The molecule has 0 radical (unpaired) electrons. The summed E-state index contributed by atoms with van der Waals surface area (Å²) in [5.41, 5.74) is 0.0504. The smallest absolute Gasteiger partial charge is 0.342 e.